The number of halogens is 2. The maximum Gasteiger partial charge on any atom is 0.151 e. The molecule has 0 aliphatic carbocycles. The first-order valence-corrected chi connectivity index (χ1v) is 3.40. The van der Waals surface area contributed by atoms with E-state index in [1.165, 1.54) is 19.2 Å². The molecule has 0 atom stereocenters. The third kappa shape index (κ3) is 1.71. The lowest BCUT2D eigenvalue weighted by molar-refractivity contribution is 0.266. The monoisotopic (exact) mass is 173 g/mol. The van der Waals surface area contributed by atoms with Crippen LogP contribution in [0, 0.1) is 18.6 Å². The Morgan fingerprint density at radius 1 is 1.25 bits per heavy atom. The van der Waals surface area contributed by atoms with E-state index in [1.54, 1.807) is 6.92 Å². The molecule has 12 heavy (non-hydrogen) atoms. The normalized spacial score (nSPS) is 10.0. The second-order valence-electron chi connectivity index (χ2n) is 2.41. The maximum atomic E-state index is 12.9. The van der Waals surface area contributed by atoms with E-state index in [2.05, 4.69) is 10.3 Å². The Kier molecular flexibility index (Phi) is 2.60. The minimum atomic E-state index is -0.658. The molecule has 0 aromatic heterocycles. The van der Waals surface area contributed by atoms with Gasteiger partial charge in [0.25, 0.3) is 0 Å². The van der Waals surface area contributed by atoms with Crippen LogP contribution in [0.25, 0.3) is 0 Å². The molecule has 0 saturated carbocycles. The molecule has 1 N–H and O–H groups in total. The molecule has 0 amide bonds. The molecule has 0 fully saturated rings. The van der Waals surface area contributed by atoms with Gasteiger partial charge in [-0.2, -0.15) is 0 Å². The standard InChI is InChI=1S/C8H9F2NO/c1-5-3-6(9)8(11-12-2)7(10)4-5/h3-4,11H,1-2H3. The van der Waals surface area contributed by atoms with Gasteiger partial charge in [-0.1, -0.05) is 0 Å². The number of anilines is 1. The zero-order chi connectivity index (χ0) is 9.14. The van der Waals surface area contributed by atoms with Crippen LogP contribution in [0.1, 0.15) is 5.56 Å². The van der Waals surface area contributed by atoms with Crippen LogP contribution in [0.2, 0.25) is 0 Å². The fourth-order valence-corrected chi connectivity index (χ4v) is 0.899. The highest BCUT2D eigenvalue weighted by Crippen LogP contribution is 2.19. The van der Waals surface area contributed by atoms with Crippen LogP contribution >= 0.6 is 0 Å². The molecule has 0 bridgehead atoms. The van der Waals surface area contributed by atoms with Crippen molar-refractivity contribution in [2.45, 2.75) is 6.92 Å². The van der Waals surface area contributed by atoms with Gasteiger partial charge in [-0.05, 0) is 24.6 Å². The molecule has 1 aromatic carbocycles. The van der Waals surface area contributed by atoms with Crippen LogP contribution in [0.4, 0.5) is 14.5 Å². The van der Waals surface area contributed by atoms with Crippen LogP contribution in [0.15, 0.2) is 12.1 Å². The van der Waals surface area contributed by atoms with Gasteiger partial charge in [0, 0.05) is 0 Å². The highest BCUT2D eigenvalue weighted by Gasteiger charge is 2.08. The third-order valence-electron chi connectivity index (χ3n) is 1.39. The Labute approximate surface area is 69.1 Å². The summed E-state index contributed by atoms with van der Waals surface area (Å²) in [6, 6.07) is 2.45. The predicted octanol–water partition coefficient (Wildman–Crippen LogP) is 2.25. The molecule has 1 rings (SSSR count). The van der Waals surface area contributed by atoms with E-state index in [1.807, 2.05) is 0 Å². The van der Waals surface area contributed by atoms with Crippen molar-refractivity contribution >= 4 is 5.69 Å². The first kappa shape index (κ1) is 8.93. The Bertz CT molecular complexity index is 265. The third-order valence-corrected chi connectivity index (χ3v) is 1.39. The molecule has 66 valence electrons. The molecular formula is C8H9F2NO. The lowest BCUT2D eigenvalue weighted by Crippen LogP contribution is -2.01. The Morgan fingerprint density at radius 3 is 2.17 bits per heavy atom. The summed E-state index contributed by atoms with van der Waals surface area (Å²) in [7, 11) is 1.29. The average molecular weight is 173 g/mol. The fraction of sp³-hybridized carbons (Fsp3) is 0.250. The summed E-state index contributed by atoms with van der Waals surface area (Å²) >= 11 is 0. The van der Waals surface area contributed by atoms with Crippen molar-refractivity contribution in [2.75, 3.05) is 12.6 Å². The van der Waals surface area contributed by atoms with Gasteiger partial charge in [0.2, 0.25) is 0 Å². The second kappa shape index (κ2) is 3.49. The molecule has 1 aromatic rings. The Hall–Kier alpha value is -1.16. The van der Waals surface area contributed by atoms with Crippen molar-refractivity contribution in [2.24, 2.45) is 0 Å². The smallest absolute Gasteiger partial charge is 0.151 e. The van der Waals surface area contributed by atoms with E-state index in [4.69, 9.17) is 0 Å². The summed E-state index contributed by atoms with van der Waals surface area (Å²) < 4.78 is 25.8. The molecule has 0 saturated heterocycles. The van der Waals surface area contributed by atoms with Crippen LogP contribution in [0.3, 0.4) is 0 Å². The molecule has 2 nitrogen and oxygen atoms in total. The maximum absolute atomic E-state index is 12.9. The molecule has 0 unspecified atom stereocenters. The summed E-state index contributed by atoms with van der Waals surface area (Å²) in [5, 5.41) is 0. The van der Waals surface area contributed by atoms with Crippen LogP contribution in [-0.2, 0) is 4.84 Å². The van der Waals surface area contributed by atoms with E-state index in [9.17, 15) is 8.78 Å². The first-order valence-electron chi connectivity index (χ1n) is 3.40. The molecule has 0 aliphatic rings. The van der Waals surface area contributed by atoms with Crippen LogP contribution in [-0.4, -0.2) is 7.11 Å². The minimum Gasteiger partial charge on any atom is -0.279 e. The van der Waals surface area contributed by atoms with Crippen molar-refractivity contribution in [3.8, 4) is 0 Å². The Balaban J connectivity index is 3.10. The van der Waals surface area contributed by atoms with Crippen LogP contribution < -0.4 is 5.48 Å². The number of hydrogen-bond donors (Lipinski definition) is 1. The van der Waals surface area contributed by atoms with Gasteiger partial charge in [0.15, 0.2) is 11.6 Å². The molecule has 0 aliphatic heterocycles. The van der Waals surface area contributed by atoms with Gasteiger partial charge in [-0.15, -0.1) is 0 Å². The molecule has 0 spiro atoms. The summed E-state index contributed by atoms with van der Waals surface area (Å²) in [4.78, 5) is 4.40. The number of aryl methyl sites for hydroxylation is 1. The number of hydrogen-bond acceptors (Lipinski definition) is 2. The van der Waals surface area contributed by atoms with Gasteiger partial charge in [-0.3, -0.25) is 10.3 Å². The average Bonchev–Trinajstić information content (AvgIpc) is 1.96. The highest BCUT2D eigenvalue weighted by atomic mass is 19.1. The quantitative estimate of drug-likeness (QED) is 0.692. The zero-order valence-corrected chi connectivity index (χ0v) is 6.82. The minimum absolute atomic E-state index is 0.261. The molecule has 0 radical (unpaired) electrons. The van der Waals surface area contributed by atoms with Crippen molar-refractivity contribution in [1.82, 2.24) is 0 Å². The summed E-state index contributed by atoms with van der Waals surface area (Å²) in [5.41, 5.74) is 2.39. The van der Waals surface area contributed by atoms with Crippen molar-refractivity contribution in [1.29, 1.82) is 0 Å². The molecule has 4 heteroatoms. The van der Waals surface area contributed by atoms with Crippen LogP contribution in [0.5, 0.6) is 0 Å². The van der Waals surface area contributed by atoms with E-state index in [-0.39, 0.29) is 5.69 Å². The number of rotatable bonds is 2. The van der Waals surface area contributed by atoms with Gasteiger partial charge in [0.05, 0.1) is 7.11 Å². The van der Waals surface area contributed by atoms with Gasteiger partial charge < -0.3 is 0 Å². The molecular weight excluding hydrogens is 164 g/mol. The van der Waals surface area contributed by atoms with Crippen molar-refractivity contribution < 1.29 is 13.6 Å². The SMILES string of the molecule is CONc1c(F)cc(C)cc1F. The number of benzene rings is 1. The van der Waals surface area contributed by atoms with E-state index >= 15 is 0 Å². The zero-order valence-electron chi connectivity index (χ0n) is 6.82. The first-order chi connectivity index (χ1) is 5.65. The molecule has 0 heterocycles. The van der Waals surface area contributed by atoms with E-state index in [0.29, 0.717) is 5.56 Å². The van der Waals surface area contributed by atoms with Gasteiger partial charge >= 0.3 is 0 Å². The fourth-order valence-electron chi connectivity index (χ4n) is 0.899. The highest BCUT2D eigenvalue weighted by molar-refractivity contribution is 5.45. The van der Waals surface area contributed by atoms with Gasteiger partial charge in [-0.25, -0.2) is 8.78 Å². The predicted molar refractivity (Wildman–Crippen MR) is 41.7 cm³/mol. The number of nitrogens with one attached hydrogen (secondary N) is 1. The topological polar surface area (TPSA) is 21.3 Å². The second-order valence-corrected chi connectivity index (χ2v) is 2.41. The van der Waals surface area contributed by atoms with E-state index in [0.717, 1.165) is 0 Å². The summed E-state index contributed by atoms with van der Waals surface area (Å²) in [6.45, 7) is 1.61. The Morgan fingerprint density at radius 2 is 1.75 bits per heavy atom. The van der Waals surface area contributed by atoms with Crippen molar-refractivity contribution in [3.05, 3.63) is 29.3 Å². The lowest BCUT2D eigenvalue weighted by Gasteiger charge is -2.06. The largest absolute Gasteiger partial charge is 0.279 e. The summed E-state index contributed by atoms with van der Waals surface area (Å²) in [6.07, 6.45) is 0. The van der Waals surface area contributed by atoms with E-state index < -0.39 is 11.6 Å². The van der Waals surface area contributed by atoms with Gasteiger partial charge in [0.1, 0.15) is 5.69 Å². The lowest BCUT2D eigenvalue weighted by atomic mass is 10.2. The van der Waals surface area contributed by atoms with Crippen molar-refractivity contribution in [3.63, 3.8) is 0 Å². The summed E-state index contributed by atoms with van der Waals surface area (Å²) in [5.74, 6) is -1.32.